The number of benzene rings is 1. The Balaban J connectivity index is 2.06. The van der Waals surface area contributed by atoms with Crippen LogP contribution >= 0.6 is 11.8 Å². The maximum absolute atomic E-state index is 12.4. The molecule has 0 aliphatic carbocycles. The Bertz CT molecular complexity index is 833. The predicted octanol–water partition coefficient (Wildman–Crippen LogP) is 2.95. The summed E-state index contributed by atoms with van der Waals surface area (Å²) in [5.74, 6) is 0.00956. The van der Waals surface area contributed by atoms with E-state index in [1.165, 1.54) is 11.8 Å². The fourth-order valence-electron chi connectivity index (χ4n) is 3.22. The van der Waals surface area contributed by atoms with E-state index in [9.17, 15) is 13.2 Å². The third kappa shape index (κ3) is 3.49. The summed E-state index contributed by atoms with van der Waals surface area (Å²) in [6, 6.07) is 5.83. The highest BCUT2D eigenvalue weighted by molar-refractivity contribution is 8.16. The van der Waals surface area contributed by atoms with Gasteiger partial charge >= 0.3 is 0 Å². The quantitative estimate of drug-likeness (QED) is 0.806. The zero-order chi connectivity index (χ0) is 18.4. The number of aliphatic imine (C=N–C) groups is 1. The van der Waals surface area contributed by atoms with Gasteiger partial charge in [0.05, 0.1) is 17.5 Å². The lowest BCUT2D eigenvalue weighted by Crippen LogP contribution is -2.38. The van der Waals surface area contributed by atoms with Crippen LogP contribution in [-0.2, 0) is 14.6 Å². The molecule has 2 aliphatic heterocycles. The molecule has 5 nitrogen and oxygen atoms in total. The third-order valence-electron chi connectivity index (χ3n) is 5.14. The Morgan fingerprint density at radius 2 is 2.08 bits per heavy atom. The molecule has 1 amide bonds. The van der Waals surface area contributed by atoms with Crippen molar-refractivity contribution in [1.82, 2.24) is 0 Å². The summed E-state index contributed by atoms with van der Waals surface area (Å²) in [6.07, 6.45) is 0.741. The number of nitrogens with zero attached hydrogens (tertiary/aromatic N) is 2. The van der Waals surface area contributed by atoms with Gasteiger partial charge in [-0.2, -0.15) is 4.99 Å². The minimum Gasteiger partial charge on any atom is -0.315 e. The highest BCUT2D eigenvalue weighted by Crippen LogP contribution is 2.42. The van der Waals surface area contributed by atoms with Gasteiger partial charge in [-0.05, 0) is 37.5 Å². The molecule has 3 rings (SSSR count). The summed E-state index contributed by atoms with van der Waals surface area (Å²) in [4.78, 5) is 18.7. The van der Waals surface area contributed by atoms with Crippen molar-refractivity contribution in [2.24, 2.45) is 10.9 Å². The van der Waals surface area contributed by atoms with Gasteiger partial charge in [0.25, 0.3) is 5.91 Å². The largest absolute Gasteiger partial charge is 0.315 e. The maximum atomic E-state index is 12.4. The number of hydrogen-bond acceptors (Lipinski definition) is 4. The number of carbonyl (C=O) groups is 1. The smallest absolute Gasteiger partial charge is 0.250 e. The first-order chi connectivity index (χ1) is 11.7. The fourth-order valence-corrected chi connectivity index (χ4v) is 7.13. The molecule has 136 valence electrons. The summed E-state index contributed by atoms with van der Waals surface area (Å²) in [5.41, 5.74) is 3.18. The van der Waals surface area contributed by atoms with E-state index in [0.717, 1.165) is 23.2 Å². The van der Waals surface area contributed by atoms with Crippen LogP contribution in [0.5, 0.6) is 0 Å². The number of fused-ring (bicyclic) bond motifs is 1. The van der Waals surface area contributed by atoms with Crippen molar-refractivity contribution < 1.29 is 13.2 Å². The third-order valence-corrected chi connectivity index (χ3v) is 8.35. The average molecular weight is 381 g/mol. The van der Waals surface area contributed by atoms with Crippen molar-refractivity contribution in [2.45, 2.75) is 45.4 Å². The fraction of sp³-hybridized carbons (Fsp3) is 0.556. The molecule has 1 aromatic carbocycles. The van der Waals surface area contributed by atoms with Crippen LogP contribution in [0.4, 0.5) is 5.69 Å². The van der Waals surface area contributed by atoms with Gasteiger partial charge in [0.15, 0.2) is 15.0 Å². The van der Waals surface area contributed by atoms with Crippen molar-refractivity contribution in [2.75, 3.05) is 16.4 Å². The molecule has 0 bridgehead atoms. The number of anilines is 1. The van der Waals surface area contributed by atoms with Crippen LogP contribution in [-0.4, -0.2) is 42.3 Å². The number of amidine groups is 1. The second kappa shape index (κ2) is 6.76. The van der Waals surface area contributed by atoms with Gasteiger partial charge < -0.3 is 4.90 Å². The van der Waals surface area contributed by atoms with Crippen LogP contribution in [0.25, 0.3) is 0 Å². The maximum Gasteiger partial charge on any atom is 0.250 e. The summed E-state index contributed by atoms with van der Waals surface area (Å²) < 4.78 is 24.2. The van der Waals surface area contributed by atoms with Crippen LogP contribution in [0.1, 0.15) is 31.4 Å². The van der Waals surface area contributed by atoms with Crippen molar-refractivity contribution in [3.05, 3.63) is 29.3 Å². The Morgan fingerprint density at radius 3 is 2.76 bits per heavy atom. The molecule has 0 radical (unpaired) electrons. The molecule has 2 heterocycles. The first-order valence-electron chi connectivity index (χ1n) is 8.58. The first-order valence-corrected chi connectivity index (χ1v) is 11.3. The molecule has 2 saturated heterocycles. The molecule has 0 aromatic heterocycles. The van der Waals surface area contributed by atoms with Gasteiger partial charge in [-0.3, -0.25) is 4.79 Å². The topological polar surface area (TPSA) is 66.8 Å². The van der Waals surface area contributed by atoms with E-state index in [1.54, 1.807) is 0 Å². The van der Waals surface area contributed by atoms with Crippen LogP contribution in [0, 0.1) is 19.8 Å². The lowest BCUT2D eigenvalue weighted by molar-refractivity contribution is -0.121. The number of sulfone groups is 1. The van der Waals surface area contributed by atoms with Crippen LogP contribution in [0.15, 0.2) is 23.2 Å². The van der Waals surface area contributed by atoms with Crippen LogP contribution in [0.2, 0.25) is 0 Å². The standard InChI is InChI=1S/C18H24N2O3S2/c1-5-11(2)17(21)19-18-20(14-8-6-7-12(3)13(14)4)15-9-25(22,23)10-16(15)24-18/h6-8,11,15-16H,5,9-10H2,1-4H3/t11-,15-,16-/m0/s1. The highest BCUT2D eigenvalue weighted by atomic mass is 32.2. The number of carbonyl (C=O) groups excluding carboxylic acids is 1. The van der Waals surface area contributed by atoms with E-state index in [0.29, 0.717) is 5.17 Å². The zero-order valence-electron chi connectivity index (χ0n) is 15.0. The minimum absolute atomic E-state index is 0.0617. The van der Waals surface area contributed by atoms with Crippen molar-refractivity contribution in [3.8, 4) is 0 Å². The van der Waals surface area contributed by atoms with Crippen LogP contribution in [0.3, 0.4) is 0 Å². The number of amides is 1. The molecule has 25 heavy (non-hydrogen) atoms. The van der Waals surface area contributed by atoms with E-state index >= 15 is 0 Å². The zero-order valence-corrected chi connectivity index (χ0v) is 16.7. The SMILES string of the molecule is CC[C@H](C)C(=O)N=C1S[C@H]2CS(=O)(=O)C[C@@H]2N1c1cccc(C)c1C. The monoisotopic (exact) mass is 380 g/mol. The van der Waals surface area contributed by atoms with Gasteiger partial charge in [-0.15, -0.1) is 0 Å². The number of thioether (sulfide) groups is 1. The van der Waals surface area contributed by atoms with Crippen molar-refractivity contribution >= 4 is 38.4 Å². The number of rotatable bonds is 3. The van der Waals surface area contributed by atoms with Gasteiger partial charge in [0.1, 0.15) is 0 Å². The Kier molecular flexibility index (Phi) is 4.99. The van der Waals surface area contributed by atoms with E-state index in [2.05, 4.69) is 4.99 Å². The molecule has 0 N–H and O–H groups in total. The minimum atomic E-state index is -3.04. The molecule has 0 saturated carbocycles. The van der Waals surface area contributed by atoms with E-state index in [4.69, 9.17) is 0 Å². The second-order valence-electron chi connectivity index (χ2n) is 6.93. The molecule has 2 fully saturated rings. The number of aryl methyl sites for hydroxylation is 1. The number of hydrogen-bond donors (Lipinski definition) is 0. The van der Waals surface area contributed by atoms with Gasteiger partial charge in [-0.1, -0.05) is 37.7 Å². The lowest BCUT2D eigenvalue weighted by Gasteiger charge is -2.27. The Morgan fingerprint density at radius 1 is 1.36 bits per heavy atom. The lowest BCUT2D eigenvalue weighted by atomic mass is 10.1. The molecule has 2 aliphatic rings. The first kappa shape index (κ1) is 18.5. The van der Waals surface area contributed by atoms with Crippen LogP contribution < -0.4 is 4.90 Å². The average Bonchev–Trinajstić information content (AvgIpc) is 3.00. The van der Waals surface area contributed by atoms with E-state index in [1.807, 2.05) is 50.8 Å². The summed E-state index contributed by atoms with van der Waals surface area (Å²) in [6.45, 7) is 7.90. The highest BCUT2D eigenvalue weighted by Gasteiger charge is 2.49. The molecular weight excluding hydrogens is 356 g/mol. The normalized spacial score (nSPS) is 27.5. The molecule has 1 aromatic rings. The van der Waals surface area contributed by atoms with E-state index in [-0.39, 0.29) is 34.6 Å². The summed E-state index contributed by atoms with van der Waals surface area (Å²) in [7, 11) is -3.04. The van der Waals surface area contributed by atoms with Gasteiger partial charge in [0, 0.05) is 16.9 Å². The van der Waals surface area contributed by atoms with E-state index < -0.39 is 9.84 Å². The van der Waals surface area contributed by atoms with Crippen molar-refractivity contribution in [1.29, 1.82) is 0 Å². The molecule has 3 atom stereocenters. The second-order valence-corrected chi connectivity index (χ2v) is 10.3. The molecular formula is C18H24N2O3S2. The predicted molar refractivity (Wildman–Crippen MR) is 104 cm³/mol. The molecule has 0 spiro atoms. The molecule has 7 heteroatoms. The summed E-state index contributed by atoms with van der Waals surface area (Å²) >= 11 is 1.43. The summed E-state index contributed by atoms with van der Waals surface area (Å²) in [5, 5.41) is 0.581. The Labute approximate surface area is 153 Å². The Hall–Kier alpha value is -1.34. The van der Waals surface area contributed by atoms with Gasteiger partial charge in [-0.25, -0.2) is 8.42 Å². The van der Waals surface area contributed by atoms with Gasteiger partial charge in [0.2, 0.25) is 0 Å². The van der Waals surface area contributed by atoms with Crippen molar-refractivity contribution in [3.63, 3.8) is 0 Å². The molecule has 0 unspecified atom stereocenters.